The van der Waals surface area contributed by atoms with Gasteiger partial charge < -0.3 is 24.6 Å². The first-order valence-electron chi connectivity index (χ1n) is 5.60. The molecule has 0 aliphatic carbocycles. The second-order valence-corrected chi connectivity index (χ2v) is 3.79. The lowest BCUT2D eigenvalue weighted by Gasteiger charge is -2.20. The number of nitrogens with one attached hydrogen (secondary N) is 1. The number of aliphatic hydroxyl groups is 1. The van der Waals surface area contributed by atoms with Crippen molar-refractivity contribution in [2.75, 3.05) is 26.9 Å². The molecule has 1 aromatic rings. The molecule has 1 heterocycles. The Hall–Kier alpha value is -1.95. The van der Waals surface area contributed by atoms with Crippen LogP contribution >= 0.6 is 0 Å². The van der Waals surface area contributed by atoms with Gasteiger partial charge in [0.2, 0.25) is 0 Å². The second kappa shape index (κ2) is 5.59. The molecule has 0 radical (unpaired) electrons. The number of carbonyl (C=O) groups excluding carboxylic acids is 1. The molecule has 0 saturated carbocycles. The van der Waals surface area contributed by atoms with Crippen LogP contribution in [0.1, 0.15) is 11.7 Å². The molecular weight excluding hydrogens is 238 g/mol. The molecule has 1 atom stereocenters. The van der Waals surface area contributed by atoms with Crippen LogP contribution in [-0.2, 0) is 4.74 Å². The van der Waals surface area contributed by atoms with E-state index in [9.17, 15) is 9.90 Å². The van der Waals surface area contributed by atoms with Crippen molar-refractivity contribution in [3.63, 3.8) is 0 Å². The summed E-state index contributed by atoms with van der Waals surface area (Å²) >= 11 is 0. The van der Waals surface area contributed by atoms with Gasteiger partial charge in [-0.1, -0.05) is 6.07 Å². The zero-order valence-corrected chi connectivity index (χ0v) is 10.0. The summed E-state index contributed by atoms with van der Waals surface area (Å²) in [6.45, 7) is 1.10. The third kappa shape index (κ3) is 2.84. The van der Waals surface area contributed by atoms with Crippen molar-refractivity contribution in [1.82, 2.24) is 5.32 Å². The number of hydrogen-bond acceptors (Lipinski definition) is 5. The molecular formula is C12H15NO5. The van der Waals surface area contributed by atoms with Crippen molar-refractivity contribution in [2.24, 2.45) is 0 Å². The number of rotatable bonds is 3. The van der Waals surface area contributed by atoms with Crippen LogP contribution in [0, 0.1) is 0 Å². The first-order chi connectivity index (χ1) is 8.70. The Bertz CT molecular complexity index is 434. The summed E-state index contributed by atoms with van der Waals surface area (Å²) < 4.78 is 15.2. The van der Waals surface area contributed by atoms with Gasteiger partial charge in [0.15, 0.2) is 11.5 Å². The highest BCUT2D eigenvalue weighted by Crippen LogP contribution is 2.32. The van der Waals surface area contributed by atoms with Crippen LogP contribution in [0.3, 0.4) is 0 Å². The molecule has 1 aromatic carbocycles. The standard InChI is InChI=1S/C12H15NO5/c1-16-12(15)13-7-9(14)8-2-3-10-11(6-8)18-5-4-17-10/h2-3,6,9,14H,4-5,7H2,1H3,(H,13,15). The zero-order chi connectivity index (χ0) is 13.0. The normalized spacial score (nSPS) is 14.8. The minimum atomic E-state index is -0.820. The molecule has 18 heavy (non-hydrogen) atoms. The van der Waals surface area contributed by atoms with E-state index in [1.54, 1.807) is 18.2 Å². The van der Waals surface area contributed by atoms with Crippen LogP contribution in [0.25, 0.3) is 0 Å². The van der Waals surface area contributed by atoms with Crippen molar-refractivity contribution >= 4 is 6.09 Å². The van der Waals surface area contributed by atoms with Crippen LogP contribution in [0.5, 0.6) is 11.5 Å². The lowest BCUT2D eigenvalue weighted by atomic mass is 10.1. The molecule has 1 aliphatic rings. The minimum Gasteiger partial charge on any atom is -0.486 e. The van der Waals surface area contributed by atoms with E-state index in [-0.39, 0.29) is 6.54 Å². The highest BCUT2D eigenvalue weighted by Gasteiger charge is 2.15. The fraction of sp³-hybridized carbons (Fsp3) is 0.417. The number of benzene rings is 1. The van der Waals surface area contributed by atoms with E-state index in [0.717, 1.165) is 0 Å². The Balaban J connectivity index is 2.01. The highest BCUT2D eigenvalue weighted by molar-refractivity contribution is 5.66. The third-order valence-corrected chi connectivity index (χ3v) is 2.58. The Morgan fingerprint density at radius 3 is 2.89 bits per heavy atom. The van der Waals surface area contributed by atoms with Gasteiger partial charge in [0.25, 0.3) is 0 Å². The first-order valence-corrected chi connectivity index (χ1v) is 5.60. The van der Waals surface area contributed by atoms with Gasteiger partial charge in [-0.3, -0.25) is 0 Å². The van der Waals surface area contributed by atoms with Crippen LogP contribution in [0.2, 0.25) is 0 Å². The lowest BCUT2D eigenvalue weighted by molar-refractivity contribution is 0.145. The predicted molar refractivity (Wildman–Crippen MR) is 62.8 cm³/mol. The molecule has 2 rings (SSSR count). The van der Waals surface area contributed by atoms with Gasteiger partial charge in [-0.05, 0) is 17.7 Å². The number of amides is 1. The number of ether oxygens (including phenoxy) is 3. The number of carbonyl (C=O) groups is 1. The second-order valence-electron chi connectivity index (χ2n) is 3.79. The summed E-state index contributed by atoms with van der Waals surface area (Å²) in [7, 11) is 1.27. The first kappa shape index (κ1) is 12.5. The monoisotopic (exact) mass is 253 g/mol. The minimum absolute atomic E-state index is 0.0757. The van der Waals surface area contributed by atoms with E-state index >= 15 is 0 Å². The number of fused-ring (bicyclic) bond motifs is 1. The summed E-state index contributed by atoms with van der Waals surface area (Å²) in [6, 6.07) is 5.18. The Kier molecular flexibility index (Phi) is 3.88. The molecule has 0 bridgehead atoms. The SMILES string of the molecule is COC(=O)NCC(O)c1ccc2c(c1)OCCO2. The maximum Gasteiger partial charge on any atom is 0.406 e. The number of methoxy groups -OCH3 is 1. The molecule has 98 valence electrons. The topological polar surface area (TPSA) is 77.0 Å². The molecule has 0 saturated heterocycles. The molecule has 1 aliphatic heterocycles. The molecule has 0 fully saturated rings. The van der Waals surface area contributed by atoms with E-state index in [2.05, 4.69) is 10.1 Å². The van der Waals surface area contributed by atoms with Gasteiger partial charge in [0.1, 0.15) is 13.2 Å². The average molecular weight is 253 g/mol. The summed E-state index contributed by atoms with van der Waals surface area (Å²) in [5.41, 5.74) is 0.649. The molecule has 0 spiro atoms. The van der Waals surface area contributed by atoms with E-state index in [1.165, 1.54) is 7.11 Å². The van der Waals surface area contributed by atoms with Crippen molar-refractivity contribution in [2.45, 2.75) is 6.10 Å². The van der Waals surface area contributed by atoms with Crippen molar-refractivity contribution in [1.29, 1.82) is 0 Å². The Labute approximate surface area is 104 Å². The van der Waals surface area contributed by atoms with E-state index in [1.807, 2.05) is 0 Å². The molecule has 2 N–H and O–H groups in total. The summed E-state index contributed by atoms with van der Waals surface area (Å²) in [4.78, 5) is 10.9. The van der Waals surface area contributed by atoms with Gasteiger partial charge in [-0.25, -0.2) is 4.79 Å². The summed E-state index contributed by atoms with van der Waals surface area (Å²) in [6.07, 6.45) is -1.40. The largest absolute Gasteiger partial charge is 0.486 e. The number of hydrogen-bond donors (Lipinski definition) is 2. The van der Waals surface area contributed by atoms with Crippen molar-refractivity contribution in [3.8, 4) is 11.5 Å². The summed E-state index contributed by atoms with van der Waals surface area (Å²) in [5, 5.41) is 12.3. The third-order valence-electron chi connectivity index (χ3n) is 2.58. The van der Waals surface area contributed by atoms with Gasteiger partial charge in [0.05, 0.1) is 19.8 Å². The van der Waals surface area contributed by atoms with Crippen LogP contribution in [-0.4, -0.2) is 38.1 Å². The van der Waals surface area contributed by atoms with Crippen LogP contribution < -0.4 is 14.8 Å². The molecule has 1 unspecified atom stereocenters. The summed E-state index contributed by atoms with van der Waals surface area (Å²) in [5.74, 6) is 1.27. The fourth-order valence-corrected chi connectivity index (χ4v) is 1.64. The van der Waals surface area contributed by atoms with Crippen LogP contribution in [0.15, 0.2) is 18.2 Å². The predicted octanol–water partition coefficient (Wildman–Crippen LogP) is 0.847. The van der Waals surface area contributed by atoms with Crippen molar-refractivity contribution in [3.05, 3.63) is 23.8 Å². The van der Waals surface area contributed by atoms with Gasteiger partial charge in [-0.15, -0.1) is 0 Å². The maximum absolute atomic E-state index is 10.9. The zero-order valence-electron chi connectivity index (χ0n) is 10.0. The number of alkyl carbamates (subject to hydrolysis) is 1. The maximum atomic E-state index is 10.9. The van der Waals surface area contributed by atoms with Gasteiger partial charge >= 0.3 is 6.09 Å². The highest BCUT2D eigenvalue weighted by atomic mass is 16.6. The van der Waals surface area contributed by atoms with E-state index < -0.39 is 12.2 Å². The molecule has 6 heteroatoms. The van der Waals surface area contributed by atoms with Crippen LogP contribution in [0.4, 0.5) is 4.79 Å². The van der Waals surface area contributed by atoms with Gasteiger partial charge in [0, 0.05) is 0 Å². The molecule has 0 aromatic heterocycles. The number of aliphatic hydroxyl groups excluding tert-OH is 1. The quantitative estimate of drug-likeness (QED) is 0.835. The Morgan fingerprint density at radius 2 is 2.17 bits per heavy atom. The fourth-order valence-electron chi connectivity index (χ4n) is 1.64. The average Bonchev–Trinajstić information content (AvgIpc) is 2.43. The van der Waals surface area contributed by atoms with Crippen molar-refractivity contribution < 1.29 is 24.1 Å². The smallest absolute Gasteiger partial charge is 0.406 e. The molecule has 6 nitrogen and oxygen atoms in total. The van der Waals surface area contributed by atoms with E-state index in [0.29, 0.717) is 30.3 Å². The lowest BCUT2D eigenvalue weighted by Crippen LogP contribution is -2.28. The van der Waals surface area contributed by atoms with E-state index in [4.69, 9.17) is 9.47 Å². The van der Waals surface area contributed by atoms with Gasteiger partial charge in [-0.2, -0.15) is 0 Å². The Morgan fingerprint density at radius 1 is 1.44 bits per heavy atom. The molecule has 1 amide bonds.